The van der Waals surface area contributed by atoms with Gasteiger partial charge in [-0.25, -0.2) is 4.98 Å². The van der Waals surface area contributed by atoms with Crippen LogP contribution in [0.1, 0.15) is 19.3 Å². The van der Waals surface area contributed by atoms with E-state index in [4.69, 9.17) is 5.73 Å². The largest absolute Gasteiger partial charge is 0.365 e. The fraction of sp³-hybridized carbons (Fsp3) is 0.636. The molecule has 16 heavy (non-hydrogen) atoms. The average Bonchev–Trinajstić information content (AvgIpc) is 2.75. The van der Waals surface area contributed by atoms with Gasteiger partial charge in [0, 0.05) is 18.9 Å². The van der Waals surface area contributed by atoms with Crippen molar-refractivity contribution < 1.29 is 0 Å². The van der Waals surface area contributed by atoms with Gasteiger partial charge in [0.2, 0.25) is 0 Å². The zero-order valence-electron chi connectivity index (χ0n) is 9.28. The Morgan fingerprint density at radius 3 is 3.06 bits per heavy atom. The Morgan fingerprint density at radius 1 is 1.50 bits per heavy atom. The second-order valence-electron chi connectivity index (χ2n) is 4.33. The molecule has 0 aliphatic heterocycles. The minimum absolute atomic E-state index is 0.162. The minimum Gasteiger partial charge on any atom is -0.365 e. The summed E-state index contributed by atoms with van der Waals surface area (Å²) in [6.45, 7) is 1.53. The van der Waals surface area contributed by atoms with Gasteiger partial charge in [-0.2, -0.15) is 0 Å². The van der Waals surface area contributed by atoms with Crippen molar-refractivity contribution in [1.82, 2.24) is 9.97 Å². The van der Waals surface area contributed by atoms with Crippen molar-refractivity contribution in [2.75, 3.05) is 18.4 Å². The number of aromatic nitrogens is 2. The number of hydrogen-bond acceptors (Lipinski definition) is 4. The first-order valence-corrected chi connectivity index (χ1v) is 5.79. The third-order valence-electron chi connectivity index (χ3n) is 3.36. The minimum atomic E-state index is -0.162. The van der Waals surface area contributed by atoms with Crippen LogP contribution in [-0.2, 0) is 0 Å². The Balaban J connectivity index is 1.92. The zero-order valence-corrected chi connectivity index (χ0v) is 9.28. The molecule has 4 N–H and O–H groups in total. The third-order valence-corrected chi connectivity index (χ3v) is 3.36. The number of nitrogens with zero attached hydrogens (tertiary/aromatic N) is 1. The first-order valence-electron chi connectivity index (χ1n) is 5.79. The molecular weight excluding hydrogens is 204 g/mol. The van der Waals surface area contributed by atoms with E-state index in [1.54, 1.807) is 6.20 Å². The van der Waals surface area contributed by atoms with E-state index < -0.39 is 0 Å². The van der Waals surface area contributed by atoms with E-state index in [0.717, 1.165) is 13.1 Å². The lowest BCUT2D eigenvalue weighted by atomic mass is 9.96. The van der Waals surface area contributed by atoms with Crippen LogP contribution < -0.4 is 16.6 Å². The molecule has 0 saturated heterocycles. The lowest BCUT2D eigenvalue weighted by Gasteiger charge is -2.18. The fourth-order valence-corrected chi connectivity index (χ4v) is 2.40. The number of hydrogen-bond donors (Lipinski definition) is 3. The number of H-pyrrole nitrogens is 1. The highest BCUT2D eigenvalue weighted by atomic mass is 16.1. The Kier molecular flexibility index (Phi) is 3.56. The fourth-order valence-electron chi connectivity index (χ4n) is 2.40. The summed E-state index contributed by atoms with van der Waals surface area (Å²) in [6.07, 6.45) is 6.76. The number of nitrogens with one attached hydrogen (secondary N) is 2. The van der Waals surface area contributed by atoms with Crippen molar-refractivity contribution in [2.45, 2.75) is 19.3 Å². The van der Waals surface area contributed by atoms with Crippen LogP contribution in [0.2, 0.25) is 0 Å². The van der Waals surface area contributed by atoms with Gasteiger partial charge >= 0.3 is 0 Å². The third kappa shape index (κ3) is 2.41. The molecule has 5 nitrogen and oxygen atoms in total. The topological polar surface area (TPSA) is 83.8 Å². The first kappa shape index (κ1) is 11.1. The molecule has 1 fully saturated rings. The van der Waals surface area contributed by atoms with Crippen LogP contribution in [0.25, 0.3) is 0 Å². The van der Waals surface area contributed by atoms with E-state index in [1.165, 1.54) is 25.5 Å². The van der Waals surface area contributed by atoms with Gasteiger partial charge in [0.25, 0.3) is 5.56 Å². The SMILES string of the molecule is NCC1CCCC1CNc1ncc[nH]c1=O. The molecule has 5 heteroatoms. The Bertz CT molecular complexity index is 390. The normalized spacial score (nSPS) is 24.6. The maximum atomic E-state index is 11.4. The summed E-state index contributed by atoms with van der Waals surface area (Å²) in [5, 5.41) is 3.11. The summed E-state index contributed by atoms with van der Waals surface area (Å²) in [5.74, 6) is 1.58. The maximum Gasteiger partial charge on any atom is 0.290 e. The lowest BCUT2D eigenvalue weighted by Crippen LogP contribution is -2.26. The van der Waals surface area contributed by atoms with Gasteiger partial charge in [-0.1, -0.05) is 6.42 Å². The molecule has 2 rings (SSSR count). The van der Waals surface area contributed by atoms with Gasteiger partial charge < -0.3 is 16.0 Å². The molecule has 1 heterocycles. The van der Waals surface area contributed by atoms with Crippen LogP contribution in [0, 0.1) is 11.8 Å². The zero-order chi connectivity index (χ0) is 11.4. The lowest BCUT2D eigenvalue weighted by molar-refractivity contribution is 0.414. The van der Waals surface area contributed by atoms with Crippen LogP contribution >= 0.6 is 0 Å². The van der Waals surface area contributed by atoms with Crippen molar-refractivity contribution in [3.8, 4) is 0 Å². The van der Waals surface area contributed by atoms with Crippen molar-refractivity contribution in [3.05, 3.63) is 22.7 Å². The summed E-state index contributed by atoms with van der Waals surface area (Å²) in [5.41, 5.74) is 5.55. The number of aromatic amines is 1. The van der Waals surface area contributed by atoms with Crippen molar-refractivity contribution in [2.24, 2.45) is 17.6 Å². The molecule has 1 aliphatic carbocycles. The summed E-state index contributed by atoms with van der Waals surface area (Å²) in [7, 11) is 0. The molecular formula is C11H18N4O. The smallest absolute Gasteiger partial charge is 0.290 e. The van der Waals surface area contributed by atoms with Crippen LogP contribution in [0.15, 0.2) is 17.2 Å². The molecule has 0 spiro atoms. The molecule has 1 aromatic rings. The number of anilines is 1. The maximum absolute atomic E-state index is 11.4. The molecule has 0 amide bonds. The van der Waals surface area contributed by atoms with Gasteiger partial charge in [0.05, 0.1) is 0 Å². The summed E-state index contributed by atoms with van der Waals surface area (Å²) < 4.78 is 0. The van der Waals surface area contributed by atoms with E-state index in [1.807, 2.05) is 0 Å². The predicted molar refractivity (Wildman–Crippen MR) is 63.2 cm³/mol. The molecule has 1 aliphatic rings. The second kappa shape index (κ2) is 5.12. The molecule has 0 bridgehead atoms. The second-order valence-corrected chi connectivity index (χ2v) is 4.33. The Hall–Kier alpha value is -1.36. The summed E-state index contributed by atoms with van der Waals surface area (Å²) in [6, 6.07) is 0. The van der Waals surface area contributed by atoms with E-state index in [0.29, 0.717) is 17.7 Å². The van der Waals surface area contributed by atoms with Gasteiger partial charge in [-0.15, -0.1) is 0 Å². The molecule has 2 unspecified atom stereocenters. The van der Waals surface area contributed by atoms with Crippen LogP contribution in [0.5, 0.6) is 0 Å². The van der Waals surface area contributed by atoms with Crippen LogP contribution in [0.4, 0.5) is 5.82 Å². The van der Waals surface area contributed by atoms with Crippen LogP contribution in [-0.4, -0.2) is 23.1 Å². The van der Waals surface area contributed by atoms with Gasteiger partial charge in [0.1, 0.15) is 0 Å². The standard InChI is InChI=1S/C11H18N4O/c12-6-8-2-1-3-9(8)7-15-10-11(16)14-5-4-13-10/h4-5,8-9H,1-3,6-7,12H2,(H,13,15)(H,14,16). The van der Waals surface area contributed by atoms with Crippen molar-refractivity contribution in [3.63, 3.8) is 0 Å². The van der Waals surface area contributed by atoms with E-state index in [9.17, 15) is 4.79 Å². The van der Waals surface area contributed by atoms with Gasteiger partial charge in [0.15, 0.2) is 5.82 Å². The first-order chi connectivity index (χ1) is 7.81. The summed E-state index contributed by atoms with van der Waals surface area (Å²) in [4.78, 5) is 18.0. The molecule has 2 atom stereocenters. The van der Waals surface area contributed by atoms with Crippen molar-refractivity contribution >= 4 is 5.82 Å². The van der Waals surface area contributed by atoms with Gasteiger partial charge in [-0.3, -0.25) is 4.79 Å². The predicted octanol–water partition coefficient (Wildman–Crippen LogP) is 0.557. The van der Waals surface area contributed by atoms with E-state index in [2.05, 4.69) is 15.3 Å². The molecule has 1 saturated carbocycles. The molecule has 88 valence electrons. The highest BCUT2D eigenvalue weighted by Crippen LogP contribution is 2.30. The van der Waals surface area contributed by atoms with E-state index in [-0.39, 0.29) is 5.56 Å². The van der Waals surface area contributed by atoms with E-state index >= 15 is 0 Å². The van der Waals surface area contributed by atoms with Crippen LogP contribution in [0.3, 0.4) is 0 Å². The summed E-state index contributed by atoms with van der Waals surface area (Å²) >= 11 is 0. The number of nitrogens with two attached hydrogens (primary N) is 1. The quantitative estimate of drug-likeness (QED) is 0.695. The van der Waals surface area contributed by atoms with Gasteiger partial charge in [-0.05, 0) is 31.2 Å². The molecule has 1 aromatic heterocycles. The Morgan fingerprint density at radius 2 is 2.31 bits per heavy atom. The number of rotatable bonds is 4. The highest BCUT2D eigenvalue weighted by molar-refractivity contribution is 5.30. The van der Waals surface area contributed by atoms with Crippen molar-refractivity contribution in [1.29, 1.82) is 0 Å². The highest BCUT2D eigenvalue weighted by Gasteiger charge is 2.25. The Labute approximate surface area is 94.5 Å². The molecule has 0 radical (unpaired) electrons. The molecule has 0 aromatic carbocycles. The average molecular weight is 222 g/mol. The monoisotopic (exact) mass is 222 g/mol.